The minimum Gasteiger partial charge on any atom is -0.399 e. The molecule has 2 N–H and O–H groups in total. The van der Waals surface area contributed by atoms with Crippen LogP contribution in [0.15, 0.2) is 12.4 Å². The third-order valence-corrected chi connectivity index (χ3v) is 6.28. The summed E-state index contributed by atoms with van der Waals surface area (Å²) in [5.74, 6) is 0.182. The molecule has 0 radical (unpaired) electrons. The number of hydrogen-bond donors (Lipinski definition) is 2. The molecule has 0 spiro atoms. The topological polar surface area (TPSA) is 108 Å². The number of carbonyl (C=O) groups is 1. The predicted molar refractivity (Wildman–Crippen MR) is 109 cm³/mol. The van der Waals surface area contributed by atoms with Crippen LogP contribution in [0.4, 0.5) is 5.95 Å². The monoisotopic (exact) mass is 406 g/mol. The van der Waals surface area contributed by atoms with Crippen LogP contribution in [-0.2, 0) is 14.1 Å². The predicted octanol–water partition coefficient (Wildman–Crippen LogP) is -0.444. The van der Waals surface area contributed by atoms with Crippen molar-refractivity contribution in [1.29, 1.82) is 0 Å². The summed E-state index contributed by atoms with van der Waals surface area (Å²) in [5, 5.41) is 18.5. The Balaban J connectivity index is 1.59. The van der Waals surface area contributed by atoms with Gasteiger partial charge in [-0.05, 0) is 40.5 Å². The van der Waals surface area contributed by atoms with Crippen molar-refractivity contribution >= 4 is 24.4 Å². The molecule has 3 rings (SSSR count). The first-order valence-corrected chi connectivity index (χ1v) is 10.0. The molecule has 1 unspecified atom stereocenters. The summed E-state index contributed by atoms with van der Waals surface area (Å²) in [6, 6.07) is 0.188. The number of hydrogen-bond acceptors (Lipinski definition) is 8. The van der Waals surface area contributed by atoms with E-state index in [0.717, 1.165) is 18.3 Å². The maximum atomic E-state index is 12.0. The van der Waals surface area contributed by atoms with Crippen molar-refractivity contribution in [3.8, 4) is 0 Å². The summed E-state index contributed by atoms with van der Waals surface area (Å²) in [7, 11) is 1.45. The third-order valence-electron chi connectivity index (χ3n) is 6.28. The van der Waals surface area contributed by atoms with Crippen molar-refractivity contribution in [3.05, 3.63) is 12.4 Å². The Labute approximate surface area is 172 Å². The molecule has 0 aromatic carbocycles. The van der Waals surface area contributed by atoms with E-state index in [9.17, 15) is 9.90 Å². The molecule has 2 aliphatic rings. The molecule has 1 aromatic heterocycles. The summed E-state index contributed by atoms with van der Waals surface area (Å²) in [6.45, 7) is 8.52. The fourth-order valence-corrected chi connectivity index (χ4v) is 3.54. The van der Waals surface area contributed by atoms with Crippen molar-refractivity contribution in [2.75, 3.05) is 31.6 Å². The summed E-state index contributed by atoms with van der Waals surface area (Å²) in [4.78, 5) is 24.6. The summed E-state index contributed by atoms with van der Waals surface area (Å²) in [5.41, 5.74) is -0.0520. The molecule has 0 saturated carbocycles. The van der Waals surface area contributed by atoms with E-state index in [1.807, 2.05) is 39.6 Å². The van der Waals surface area contributed by atoms with Crippen molar-refractivity contribution in [2.45, 2.75) is 63.9 Å². The lowest BCUT2D eigenvalue weighted by atomic mass is 9.81. The Morgan fingerprint density at radius 3 is 2.24 bits per heavy atom. The van der Waals surface area contributed by atoms with Crippen LogP contribution in [0.25, 0.3) is 0 Å². The molecule has 10 heteroatoms. The first-order valence-electron chi connectivity index (χ1n) is 10.0. The lowest BCUT2D eigenvalue weighted by Crippen LogP contribution is -2.49. The molecule has 2 saturated heterocycles. The number of nitrogens with zero attached hydrogens (tertiary/aromatic N) is 4. The van der Waals surface area contributed by atoms with Crippen molar-refractivity contribution < 1.29 is 24.3 Å². The highest BCUT2D eigenvalue weighted by molar-refractivity contribution is 6.61. The summed E-state index contributed by atoms with van der Waals surface area (Å²) >= 11 is 0. The second-order valence-electron chi connectivity index (χ2n) is 8.77. The largest absolute Gasteiger partial charge is 0.498 e. The minimum atomic E-state index is -1.34. The number of anilines is 1. The number of rotatable bonds is 5. The number of aromatic nitrogens is 2. The average Bonchev–Trinajstić information content (AvgIpc) is 2.93. The van der Waals surface area contributed by atoms with Gasteiger partial charge in [0.05, 0.1) is 17.8 Å². The first-order chi connectivity index (χ1) is 13.6. The van der Waals surface area contributed by atoms with Gasteiger partial charge in [-0.2, -0.15) is 0 Å². The van der Waals surface area contributed by atoms with Gasteiger partial charge in [0.25, 0.3) is 5.91 Å². The number of aliphatic hydroxyl groups excluding tert-OH is 2. The van der Waals surface area contributed by atoms with E-state index in [4.69, 9.17) is 14.4 Å². The van der Waals surface area contributed by atoms with Crippen LogP contribution < -0.4 is 10.4 Å². The van der Waals surface area contributed by atoms with Crippen LogP contribution in [0.3, 0.4) is 0 Å². The Hall–Kier alpha value is -1.75. The molecule has 9 nitrogen and oxygen atoms in total. The zero-order valence-electron chi connectivity index (χ0n) is 17.8. The Bertz CT molecular complexity index is 706. The molecule has 3 heterocycles. The molecule has 2 aliphatic heterocycles. The summed E-state index contributed by atoms with van der Waals surface area (Å²) in [6.07, 6.45) is 3.61. The fraction of sp³-hybridized carbons (Fsp3) is 0.737. The van der Waals surface area contributed by atoms with Crippen LogP contribution in [-0.4, -0.2) is 88.2 Å². The lowest BCUT2D eigenvalue weighted by Gasteiger charge is -2.37. The van der Waals surface area contributed by atoms with E-state index in [1.165, 1.54) is 0 Å². The van der Waals surface area contributed by atoms with E-state index in [0.29, 0.717) is 19.0 Å². The Morgan fingerprint density at radius 2 is 1.76 bits per heavy atom. The normalized spacial score (nSPS) is 22.6. The van der Waals surface area contributed by atoms with Crippen LogP contribution in [0.2, 0.25) is 0 Å². The first kappa shape index (κ1) is 22.0. The van der Waals surface area contributed by atoms with Crippen LogP contribution in [0, 0.1) is 0 Å². The summed E-state index contributed by atoms with van der Waals surface area (Å²) < 4.78 is 12.1. The van der Waals surface area contributed by atoms with Crippen LogP contribution in [0.5, 0.6) is 0 Å². The Kier molecular flexibility index (Phi) is 6.19. The minimum absolute atomic E-state index is 0.188. The fourth-order valence-electron chi connectivity index (χ4n) is 3.54. The van der Waals surface area contributed by atoms with Gasteiger partial charge in [-0.3, -0.25) is 4.79 Å². The molecular formula is C19H31BN4O5. The van der Waals surface area contributed by atoms with Crippen molar-refractivity contribution in [3.63, 3.8) is 0 Å². The molecule has 2 fully saturated rings. The van der Waals surface area contributed by atoms with Gasteiger partial charge in [-0.15, -0.1) is 0 Å². The van der Waals surface area contributed by atoms with Gasteiger partial charge in [0.1, 0.15) is 0 Å². The molecule has 0 aliphatic carbocycles. The maximum absolute atomic E-state index is 12.0. The third kappa shape index (κ3) is 4.40. The van der Waals surface area contributed by atoms with Gasteiger partial charge in [0, 0.05) is 44.0 Å². The molecule has 1 atom stereocenters. The molecular weight excluding hydrogens is 375 g/mol. The highest BCUT2D eigenvalue weighted by atomic mass is 16.7. The Morgan fingerprint density at radius 1 is 1.24 bits per heavy atom. The van der Waals surface area contributed by atoms with Crippen LogP contribution in [0.1, 0.15) is 40.5 Å². The molecule has 1 aromatic rings. The van der Waals surface area contributed by atoms with Crippen LogP contribution >= 0.6 is 0 Å². The van der Waals surface area contributed by atoms with Crippen molar-refractivity contribution in [1.82, 2.24) is 14.9 Å². The standard InChI is InChI=1S/C19H31BN4O5/c1-18(2)19(3,4)29-20(28-18)13-10-21-17(22-11-13)23(5)14-6-8-24(9-7-14)16(27)15(26)12-25/h10-11,14-15,25-26H,6-9,12H2,1-5H3. The van der Waals surface area contributed by atoms with E-state index >= 15 is 0 Å². The smallest absolute Gasteiger partial charge is 0.399 e. The van der Waals surface area contributed by atoms with Crippen molar-refractivity contribution in [2.24, 2.45) is 0 Å². The van der Waals surface area contributed by atoms with E-state index in [1.54, 1.807) is 17.3 Å². The number of amides is 1. The van der Waals surface area contributed by atoms with Gasteiger partial charge < -0.3 is 29.3 Å². The van der Waals surface area contributed by atoms with E-state index in [2.05, 4.69) is 9.97 Å². The SMILES string of the molecule is CN(c1ncc(B2OC(C)(C)C(C)(C)O2)cn1)C1CCN(C(=O)C(O)CO)CC1. The maximum Gasteiger partial charge on any atom is 0.498 e. The second-order valence-corrected chi connectivity index (χ2v) is 8.77. The zero-order valence-corrected chi connectivity index (χ0v) is 17.8. The van der Waals surface area contributed by atoms with E-state index in [-0.39, 0.29) is 6.04 Å². The van der Waals surface area contributed by atoms with Gasteiger partial charge in [-0.1, -0.05) is 0 Å². The van der Waals surface area contributed by atoms with Gasteiger partial charge in [-0.25, -0.2) is 9.97 Å². The quantitative estimate of drug-likeness (QED) is 0.634. The number of piperidine rings is 1. The second kappa shape index (κ2) is 8.18. The highest BCUT2D eigenvalue weighted by Gasteiger charge is 2.52. The van der Waals surface area contributed by atoms with Gasteiger partial charge >= 0.3 is 7.12 Å². The average molecular weight is 406 g/mol. The number of carbonyl (C=O) groups excluding carboxylic acids is 1. The number of aliphatic hydroxyl groups is 2. The molecule has 1 amide bonds. The lowest BCUT2D eigenvalue weighted by molar-refractivity contribution is -0.143. The van der Waals surface area contributed by atoms with Gasteiger partial charge in [0.2, 0.25) is 5.95 Å². The molecule has 160 valence electrons. The zero-order chi connectivity index (χ0) is 21.4. The highest BCUT2D eigenvalue weighted by Crippen LogP contribution is 2.36. The molecule has 29 heavy (non-hydrogen) atoms. The van der Waals surface area contributed by atoms with Gasteiger partial charge in [0.15, 0.2) is 6.10 Å². The molecule has 0 bridgehead atoms. The van der Waals surface area contributed by atoms with E-state index < -0.39 is 36.9 Å². The number of likely N-dealkylation sites (tertiary alicyclic amines) is 1.